The summed E-state index contributed by atoms with van der Waals surface area (Å²) in [5, 5.41) is 12.4. The van der Waals surface area contributed by atoms with E-state index in [2.05, 4.69) is 62.4 Å². The zero-order valence-electron chi connectivity index (χ0n) is 19.7. The molecule has 0 amide bonds. The van der Waals surface area contributed by atoms with Gasteiger partial charge in [-0.2, -0.15) is 0 Å². The Kier molecular flexibility index (Phi) is 5.93. The first-order valence-corrected chi connectivity index (χ1v) is 12.0. The van der Waals surface area contributed by atoms with Crippen LogP contribution in [0.3, 0.4) is 0 Å². The zero-order valence-corrected chi connectivity index (χ0v) is 19.7. The topological polar surface area (TPSA) is 37.3 Å². The van der Waals surface area contributed by atoms with Crippen LogP contribution in [0.5, 0.6) is 0 Å². The third-order valence-electron chi connectivity index (χ3n) is 7.42. The normalized spacial score (nSPS) is 24.1. The van der Waals surface area contributed by atoms with Gasteiger partial charge in [-0.15, -0.1) is 0 Å². The van der Waals surface area contributed by atoms with E-state index in [4.69, 9.17) is 0 Å². The first kappa shape index (κ1) is 22.3. The van der Waals surface area contributed by atoms with Crippen LogP contribution in [0.1, 0.15) is 56.4 Å². The smallest absolute Gasteiger partial charge is 0.169 e. The minimum atomic E-state index is -1.28. The maximum Gasteiger partial charge on any atom is 0.169 e. The fourth-order valence-corrected chi connectivity index (χ4v) is 5.66. The lowest BCUT2D eigenvalue weighted by atomic mass is 9.73. The Labute approximate surface area is 201 Å². The first-order valence-electron chi connectivity index (χ1n) is 12.0. The number of ketones is 1. The lowest BCUT2D eigenvalue weighted by molar-refractivity contribution is -0.000254. The summed E-state index contributed by atoms with van der Waals surface area (Å²) >= 11 is 0. The van der Waals surface area contributed by atoms with Crippen molar-refractivity contribution in [2.45, 2.75) is 37.7 Å². The Hall–Kier alpha value is -3.49. The number of Topliss-reactive ketones (excluding diaryl/α,β-unsaturated/α-hetero) is 1. The van der Waals surface area contributed by atoms with Gasteiger partial charge in [0.1, 0.15) is 5.60 Å². The van der Waals surface area contributed by atoms with E-state index in [9.17, 15) is 9.90 Å². The Morgan fingerprint density at radius 1 is 0.706 bits per heavy atom. The quantitative estimate of drug-likeness (QED) is 0.336. The van der Waals surface area contributed by atoms with Crippen molar-refractivity contribution < 1.29 is 9.90 Å². The van der Waals surface area contributed by atoms with Gasteiger partial charge in [0.25, 0.3) is 0 Å². The van der Waals surface area contributed by atoms with Crippen molar-refractivity contribution in [3.8, 4) is 0 Å². The number of hydrogen-bond acceptors (Lipinski definition) is 2. The summed E-state index contributed by atoms with van der Waals surface area (Å²) < 4.78 is 0. The van der Waals surface area contributed by atoms with Crippen molar-refractivity contribution in [2.75, 3.05) is 0 Å². The van der Waals surface area contributed by atoms with Gasteiger partial charge < -0.3 is 5.11 Å². The predicted molar refractivity (Wildman–Crippen MR) is 137 cm³/mol. The average Bonchev–Trinajstić information content (AvgIpc) is 3.20. The molecule has 0 bridgehead atoms. The van der Waals surface area contributed by atoms with Crippen molar-refractivity contribution in [3.05, 3.63) is 143 Å². The van der Waals surface area contributed by atoms with E-state index in [0.717, 1.165) is 16.7 Å². The number of rotatable bonds is 5. The predicted octanol–water partition coefficient (Wildman–Crippen LogP) is 6.96. The maximum atomic E-state index is 14.2. The zero-order chi connectivity index (χ0) is 23.7. The molecule has 4 aromatic rings. The number of aliphatic hydroxyl groups is 1. The van der Waals surface area contributed by atoms with E-state index >= 15 is 0 Å². The van der Waals surface area contributed by atoms with Crippen molar-refractivity contribution >= 4 is 5.78 Å². The van der Waals surface area contributed by atoms with Gasteiger partial charge in [0.05, 0.1) is 5.92 Å². The van der Waals surface area contributed by atoms with E-state index in [-0.39, 0.29) is 17.6 Å². The molecule has 0 aromatic heterocycles. The van der Waals surface area contributed by atoms with Gasteiger partial charge in [-0.3, -0.25) is 4.79 Å². The molecule has 1 fully saturated rings. The third-order valence-corrected chi connectivity index (χ3v) is 7.42. The molecule has 0 radical (unpaired) electrons. The third kappa shape index (κ3) is 3.99. The number of hydrogen-bond donors (Lipinski definition) is 1. The highest BCUT2D eigenvalue weighted by molar-refractivity contribution is 5.99. The second-order valence-electron chi connectivity index (χ2n) is 9.66. The summed E-state index contributed by atoms with van der Waals surface area (Å²) in [6, 6.07) is 36.2. The second kappa shape index (κ2) is 9.04. The van der Waals surface area contributed by atoms with Gasteiger partial charge in [0, 0.05) is 11.5 Å². The van der Waals surface area contributed by atoms with E-state index in [1.165, 1.54) is 11.1 Å². The van der Waals surface area contributed by atoms with Crippen LogP contribution >= 0.6 is 0 Å². The molecule has 0 aliphatic heterocycles. The van der Waals surface area contributed by atoms with Gasteiger partial charge in [-0.05, 0) is 42.9 Å². The fraction of sp³-hybridized carbons (Fsp3) is 0.219. The van der Waals surface area contributed by atoms with E-state index in [0.29, 0.717) is 12.0 Å². The first-order chi connectivity index (χ1) is 16.5. The molecule has 1 aliphatic rings. The monoisotopic (exact) mass is 446 g/mol. The minimum Gasteiger partial charge on any atom is -0.384 e. The molecule has 34 heavy (non-hydrogen) atoms. The maximum absolute atomic E-state index is 14.2. The van der Waals surface area contributed by atoms with Crippen LogP contribution in [0, 0.1) is 19.8 Å². The molecular formula is C32H30O2. The molecule has 2 heteroatoms. The molecular weight excluding hydrogens is 416 g/mol. The molecule has 1 saturated carbocycles. The second-order valence-corrected chi connectivity index (χ2v) is 9.66. The van der Waals surface area contributed by atoms with Crippen LogP contribution in [-0.4, -0.2) is 10.9 Å². The molecule has 1 aliphatic carbocycles. The standard InChI is InChI=1S/C32H30O2/c1-22-13-17-24(18-14-22)28-21-32(34,27-11-7-4-8-12-27)30(31(33)26-9-5-3-6-10-26)29(28)25-19-15-23(2)16-20-25/h3-20,28-30,34H,21H2,1-2H3/t28-,29-,30-,32-/m1/s1. The van der Waals surface area contributed by atoms with E-state index in [1.807, 2.05) is 60.7 Å². The summed E-state index contributed by atoms with van der Waals surface area (Å²) in [4.78, 5) is 14.2. The molecule has 0 spiro atoms. The molecule has 0 unspecified atom stereocenters. The van der Waals surface area contributed by atoms with Crippen LogP contribution in [-0.2, 0) is 5.60 Å². The number of carbonyl (C=O) groups is 1. The number of carbonyl (C=O) groups excluding carboxylic acids is 1. The number of benzene rings is 4. The summed E-state index contributed by atoms with van der Waals surface area (Å²) in [6.45, 7) is 4.15. The van der Waals surface area contributed by atoms with Crippen LogP contribution < -0.4 is 0 Å². The van der Waals surface area contributed by atoms with Crippen LogP contribution in [0.25, 0.3) is 0 Å². The van der Waals surface area contributed by atoms with Gasteiger partial charge in [-0.1, -0.05) is 120 Å². The molecule has 2 nitrogen and oxygen atoms in total. The molecule has 0 saturated heterocycles. The van der Waals surface area contributed by atoms with E-state index < -0.39 is 11.5 Å². The summed E-state index contributed by atoms with van der Waals surface area (Å²) in [5.74, 6) is -0.758. The Morgan fingerprint density at radius 2 is 1.21 bits per heavy atom. The molecule has 0 heterocycles. The SMILES string of the molecule is Cc1ccc([C@@H]2[C@@H](c3ccc(C)cc3)C[C@@](O)(c3ccccc3)[C@H]2C(=O)c2ccccc2)cc1. The van der Waals surface area contributed by atoms with Crippen molar-refractivity contribution in [1.82, 2.24) is 0 Å². The summed E-state index contributed by atoms with van der Waals surface area (Å²) in [7, 11) is 0. The van der Waals surface area contributed by atoms with Crippen molar-refractivity contribution in [2.24, 2.45) is 5.92 Å². The average molecular weight is 447 g/mol. The van der Waals surface area contributed by atoms with Crippen molar-refractivity contribution in [1.29, 1.82) is 0 Å². The molecule has 170 valence electrons. The van der Waals surface area contributed by atoms with Gasteiger partial charge in [0.15, 0.2) is 5.78 Å². The molecule has 1 N–H and O–H groups in total. The lowest BCUT2D eigenvalue weighted by Gasteiger charge is -2.33. The summed E-state index contributed by atoms with van der Waals surface area (Å²) in [5.41, 5.74) is 4.80. The fourth-order valence-electron chi connectivity index (χ4n) is 5.66. The van der Waals surface area contributed by atoms with Gasteiger partial charge in [0.2, 0.25) is 0 Å². The Bertz CT molecular complexity index is 1260. The van der Waals surface area contributed by atoms with Crippen LogP contribution in [0.2, 0.25) is 0 Å². The lowest BCUT2D eigenvalue weighted by Crippen LogP contribution is -2.38. The summed E-state index contributed by atoms with van der Waals surface area (Å²) in [6.07, 6.45) is 0.488. The highest BCUT2D eigenvalue weighted by Gasteiger charge is 2.57. The van der Waals surface area contributed by atoms with E-state index in [1.54, 1.807) is 0 Å². The Balaban J connectivity index is 1.72. The minimum absolute atomic E-state index is 0.00572. The van der Waals surface area contributed by atoms with Crippen LogP contribution in [0.4, 0.5) is 0 Å². The van der Waals surface area contributed by atoms with Crippen molar-refractivity contribution in [3.63, 3.8) is 0 Å². The number of aryl methyl sites for hydroxylation is 2. The van der Waals surface area contributed by atoms with Gasteiger partial charge >= 0.3 is 0 Å². The highest BCUT2D eigenvalue weighted by atomic mass is 16.3. The van der Waals surface area contributed by atoms with Gasteiger partial charge in [-0.25, -0.2) is 0 Å². The van der Waals surface area contributed by atoms with Crippen LogP contribution in [0.15, 0.2) is 109 Å². The Morgan fingerprint density at radius 3 is 1.76 bits per heavy atom. The molecule has 5 rings (SSSR count). The molecule has 4 atom stereocenters. The largest absolute Gasteiger partial charge is 0.384 e. The highest BCUT2D eigenvalue weighted by Crippen LogP contribution is 2.59. The molecule has 4 aromatic carbocycles.